The molecule has 0 aliphatic carbocycles. The molecule has 0 aliphatic rings. The van der Waals surface area contributed by atoms with Crippen LogP contribution in [0.15, 0.2) is 45.3 Å². The van der Waals surface area contributed by atoms with Gasteiger partial charge < -0.3 is 4.42 Å². The smallest absolute Gasteiger partial charge is 0.220 e. The van der Waals surface area contributed by atoms with Crippen molar-refractivity contribution in [2.75, 3.05) is 0 Å². The Balaban J connectivity index is 1.94. The van der Waals surface area contributed by atoms with Gasteiger partial charge in [-0.05, 0) is 36.4 Å². The van der Waals surface area contributed by atoms with Gasteiger partial charge in [-0.2, -0.15) is 0 Å². The quantitative estimate of drug-likeness (QED) is 0.655. The molecule has 100 valence electrons. The summed E-state index contributed by atoms with van der Waals surface area (Å²) in [6.07, 6.45) is 3.04. The molecule has 0 unspecified atom stereocenters. The molecule has 0 fully saturated rings. The molecule has 0 aliphatic heterocycles. The van der Waals surface area contributed by atoms with E-state index in [2.05, 4.69) is 20.9 Å². The SMILES string of the molecule is Fc1ccc(/C=C/c2nc3ccc(Br)cc3o2)c(F)c1. The summed E-state index contributed by atoms with van der Waals surface area (Å²) < 4.78 is 32.7. The summed E-state index contributed by atoms with van der Waals surface area (Å²) in [5, 5.41) is 0. The number of benzene rings is 2. The molecule has 1 heterocycles. The van der Waals surface area contributed by atoms with Crippen LogP contribution < -0.4 is 0 Å². The number of rotatable bonds is 2. The predicted octanol–water partition coefficient (Wildman–Crippen LogP) is 5.04. The van der Waals surface area contributed by atoms with Gasteiger partial charge in [-0.25, -0.2) is 13.8 Å². The maximum Gasteiger partial charge on any atom is 0.220 e. The highest BCUT2D eigenvalue weighted by Gasteiger charge is 2.04. The van der Waals surface area contributed by atoms with Gasteiger partial charge >= 0.3 is 0 Å². The van der Waals surface area contributed by atoms with Gasteiger partial charge in [0.25, 0.3) is 0 Å². The van der Waals surface area contributed by atoms with Gasteiger partial charge in [0.05, 0.1) is 0 Å². The Labute approximate surface area is 121 Å². The van der Waals surface area contributed by atoms with Gasteiger partial charge in [-0.1, -0.05) is 15.9 Å². The minimum absolute atomic E-state index is 0.273. The average Bonchev–Trinajstić information content (AvgIpc) is 2.79. The van der Waals surface area contributed by atoms with Crippen molar-refractivity contribution in [3.63, 3.8) is 0 Å². The first-order valence-electron chi connectivity index (χ1n) is 5.81. The summed E-state index contributed by atoms with van der Waals surface area (Å²) in [4.78, 5) is 4.25. The topological polar surface area (TPSA) is 26.0 Å². The van der Waals surface area contributed by atoms with E-state index in [0.717, 1.165) is 10.5 Å². The van der Waals surface area contributed by atoms with Crippen molar-refractivity contribution >= 4 is 39.2 Å². The minimum Gasteiger partial charge on any atom is -0.437 e. The zero-order chi connectivity index (χ0) is 14.1. The van der Waals surface area contributed by atoms with Crippen LogP contribution in [-0.2, 0) is 0 Å². The van der Waals surface area contributed by atoms with Gasteiger partial charge in [0, 0.05) is 22.2 Å². The lowest BCUT2D eigenvalue weighted by Gasteiger charge is -1.95. The molecule has 0 saturated carbocycles. The van der Waals surface area contributed by atoms with E-state index < -0.39 is 11.6 Å². The van der Waals surface area contributed by atoms with Gasteiger partial charge in [0.15, 0.2) is 5.58 Å². The van der Waals surface area contributed by atoms with Crippen LogP contribution in [0.3, 0.4) is 0 Å². The van der Waals surface area contributed by atoms with Crippen LogP contribution in [0.4, 0.5) is 8.78 Å². The van der Waals surface area contributed by atoms with Crippen LogP contribution in [0, 0.1) is 11.6 Å². The maximum atomic E-state index is 13.5. The zero-order valence-electron chi connectivity index (χ0n) is 10.1. The molecule has 5 heteroatoms. The molecule has 0 N–H and O–H groups in total. The highest BCUT2D eigenvalue weighted by Crippen LogP contribution is 2.21. The van der Waals surface area contributed by atoms with E-state index in [1.807, 2.05) is 12.1 Å². The number of hydrogen-bond donors (Lipinski definition) is 0. The number of halogens is 3. The van der Waals surface area contributed by atoms with Crippen LogP contribution >= 0.6 is 15.9 Å². The highest BCUT2D eigenvalue weighted by atomic mass is 79.9. The van der Waals surface area contributed by atoms with E-state index in [4.69, 9.17) is 4.42 Å². The number of nitrogens with zero attached hydrogens (tertiary/aromatic N) is 1. The zero-order valence-corrected chi connectivity index (χ0v) is 11.7. The molecule has 0 atom stereocenters. The Morgan fingerprint density at radius 2 is 1.90 bits per heavy atom. The second-order valence-electron chi connectivity index (χ2n) is 4.16. The van der Waals surface area contributed by atoms with Crippen molar-refractivity contribution in [3.8, 4) is 0 Å². The van der Waals surface area contributed by atoms with Crippen LogP contribution in [0.5, 0.6) is 0 Å². The Bertz CT molecular complexity index is 811. The molecular formula is C15H8BrF2NO. The summed E-state index contributed by atoms with van der Waals surface area (Å²) in [6.45, 7) is 0. The molecular weight excluding hydrogens is 328 g/mol. The van der Waals surface area contributed by atoms with Crippen molar-refractivity contribution < 1.29 is 13.2 Å². The van der Waals surface area contributed by atoms with Crippen molar-refractivity contribution in [2.24, 2.45) is 0 Å². The lowest BCUT2D eigenvalue weighted by molar-refractivity contribution is 0.581. The molecule has 1 aromatic heterocycles. The first-order valence-corrected chi connectivity index (χ1v) is 6.60. The van der Waals surface area contributed by atoms with E-state index >= 15 is 0 Å². The van der Waals surface area contributed by atoms with Crippen LogP contribution in [-0.4, -0.2) is 4.98 Å². The first kappa shape index (κ1) is 13.0. The fraction of sp³-hybridized carbons (Fsp3) is 0. The largest absolute Gasteiger partial charge is 0.437 e. The summed E-state index contributed by atoms with van der Waals surface area (Å²) in [6, 6.07) is 8.88. The van der Waals surface area contributed by atoms with Crippen LogP contribution in [0.1, 0.15) is 11.5 Å². The average molecular weight is 336 g/mol. The lowest BCUT2D eigenvalue weighted by Crippen LogP contribution is -1.83. The molecule has 0 amide bonds. The fourth-order valence-corrected chi connectivity index (χ4v) is 2.13. The number of hydrogen-bond acceptors (Lipinski definition) is 2. The van der Waals surface area contributed by atoms with Gasteiger partial charge in [-0.15, -0.1) is 0 Å². The summed E-state index contributed by atoms with van der Waals surface area (Å²) in [7, 11) is 0. The number of oxazole rings is 1. The van der Waals surface area contributed by atoms with Crippen molar-refractivity contribution in [3.05, 3.63) is 64.0 Å². The molecule has 3 rings (SSSR count). The number of aromatic nitrogens is 1. The number of fused-ring (bicyclic) bond motifs is 1. The third-order valence-electron chi connectivity index (χ3n) is 2.73. The van der Waals surface area contributed by atoms with Crippen molar-refractivity contribution in [1.82, 2.24) is 4.98 Å². The normalized spacial score (nSPS) is 11.6. The fourth-order valence-electron chi connectivity index (χ4n) is 1.79. The van der Waals surface area contributed by atoms with E-state index in [1.54, 1.807) is 12.1 Å². The minimum atomic E-state index is -0.625. The third kappa shape index (κ3) is 2.63. The Kier molecular flexibility index (Phi) is 3.36. The lowest BCUT2D eigenvalue weighted by atomic mass is 10.2. The van der Waals surface area contributed by atoms with Crippen molar-refractivity contribution in [1.29, 1.82) is 0 Å². The standard InChI is InChI=1S/C15H8BrF2NO/c16-10-3-5-13-14(7-10)20-15(19-13)6-2-9-1-4-11(17)8-12(9)18/h1-8H/b6-2+. The first-order chi connectivity index (χ1) is 9.61. The van der Waals surface area contributed by atoms with E-state index in [9.17, 15) is 8.78 Å². The summed E-state index contributed by atoms with van der Waals surface area (Å²) >= 11 is 3.34. The molecule has 2 aromatic carbocycles. The second-order valence-corrected chi connectivity index (χ2v) is 5.08. The Morgan fingerprint density at radius 1 is 1.05 bits per heavy atom. The predicted molar refractivity (Wildman–Crippen MR) is 77.0 cm³/mol. The molecule has 3 aromatic rings. The highest BCUT2D eigenvalue weighted by molar-refractivity contribution is 9.10. The van der Waals surface area contributed by atoms with Crippen LogP contribution in [0.2, 0.25) is 0 Å². The van der Waals surface area contributed by atoms with Gasteiger partial charge in [0.1, 0.15) is 17.2 Å². The van der Waals surface area contributed by atoms with Crippen molar-refractivity contribution in [2.45, 2.75) is 0 Å². The Morgan fingerprint density at radius 3 is 2.70 bits per heavy atom. The molecule has 0 saturated heterocycles. The van der Waals surface area contributed by atoms with Gasteiger partial charge in [0.2, 0.25) is 5.89 Å². The van der Waals surface area contributed by atoms with E-state index in [-0.39, 0.29) is 5.56 Å². The van der Waals surface area contributed by atoms with E-state index in [0.29, 0.717) is 17.0 Å². The summed E-state index contributed by atoms with van der Waals surface area (Å²) in [5.74, 6) is -0.867. The third-order valence-corrected chi connectivity index (χ3v) is 3.23. The molecule has 20 heavy (non-hydrogen) atoms. The maximum absolute atomic E-state index is 13.5. The van der Waals surface area contributed by atoms with Crippen LogP contribution in [0.25, 0.3) is 23.3 Å². The van der Waals surface area contributed by atoms with E-state index in [1.165, 1.54) is 18.2 Å². The Hall–Kier alpha value is -2.01. The molecule has 0 radical (unpaired) electrons. The molecule has 0 spiro atoms. The van der Waals surface area contributed by atoms with Gasteiger partial charge in [-0.3, -0.25) is 0 Å². The second kappa shape index (κ2) is 5.17. The molecule has 2 nitrogen and oxygen atoms in total. The summed E-state index contributed by atoms with van der Waals surface area (Å²) in [5.41, 5.74) is 1.63. The molecule has 0 bridgehead atoms. The monoisotopic (exact) mass is 335 g/mol.